The number of nitrogens with one attached hydrogen (secondary N) is 2. The maximum atomic E-state index is 14.4. The van der Waals surface area contributed by atoms with Gasteiger partial charge in [0.15, 0.2) is 0 Å². The Kier molecular flexibility index (Phi) is 8.23. The van der Waals surface area contributed by atoms with Crippen molar-refractivity contribution in [1.29, 1.82) is 0 Å². The standard InChI is InChI=1S/C23H22F7N5O/c1-35(2)11-5-10-31-21-32-18(14-6-3-7-15(12-14)36-23(28,29)30)13-19(34-21)33-20-16(22(25,26)27)8-4-9-17(20)24/h3-4,6-9,12-13H,5,10-11H2,1-2H3,(H2,31,32,33,34). The zero-order valence-corrected chi connectivity index (χ0v) is 19.1. The number of nitrogens with zero attached hydrogens (tertiary/aromatic N) is 3. The molecule has 0 radical (unpaired) electrons. The molecule has 3 aromatic rings. The van der Waals surface area contributed by atoms with Gasteiger partial charge < -0.3 is 20.3 Å². The van der Waals surface area contributed by atoms with Crippen LogP contribution in [0.1, 0.15) is 12.0 Å². The highest BCUT2D eigenvalue weighted by Crippen LogP contribution is 2.38. The van der Waals surface area contributed by atoms with Crippen molar-refractivity contribution >= 4 is 17.5 Å². The summed E-state index contributed by atoms with van der Waals surface area (Å²) in [5, 5.41) is 5.29. The molecule has 0 saturated carbocycles. The first-order valence-electron chi connectivity index (χ1n) is 10.6. The van der Waals surface area contributed by atoms with Crippen LogP contribution in [0.5, 0.6) is 5.75 Å². The quantitative estimate of drug-likeness (QED) is 0.256. The third-order valence-electron chi connectivity index (χ3n) is 4.73. The summed E-state index contributed by atoms with van der Waals surface area (Å²) in [5.74, 6) is -1.89. The molecular formula is C23H22F7N5O. The summed E-state index contributed by atoms with van der Waals surface area (Å²) in [6.07, 6.45) is -9.10. The number of aromatic nitrogens is 2. The number of hydrogen-bond donors (Lipinski definition) is 2. The van der Waals surface area contributed by atoms with Gasteiger partial charge in [-0.05, 0) is 51.3 Å². The average molecular weight is 517 g/mol. The highest BCUT2D eigenvalue weighted by atomic mass is 19.4. The highest BCUT2D eigenvalue weighted by Gasteiger charge is 2.35. The van der Waals surface area contributed by atoms with E-state index in [0.29, 0.717) is 19.0 Å². The minimum Gasteiger partial charge on any atom is -0.406 e. The van der Waals surface area contributed by atoms with Crippen molar-refractivity contribution in [3.8, 4) is 17.0 Å². The summed E-state index contributed by atoms with van der Waals surface area (Å²) in [6, 6.07) is 8.60. The molecule has 0 aliphatic rings. The number of ether oxygens (including phenoxy) is 1. The van der Waals surface area contributed by atoms with Crippen LogP contribution in [0.4, 0.5) is 48.2 Å². The van der Waals surface area contributed by atoms with Crippen LogP contribution >= 0.6 is 0 Å². The number of alkyl halides is 6. The van der Waals surface area contributed by atoms with E-state index in [1.165, 1.54) is 18.2 Å². The van der Waals surface area contributed by atoms with E-state index in [-0.39, 0.29) is 23.0 Å². The second-order valence-electron chi connectivity index (χ2n) is 7.91. The molecule has 0 bridgehead atoms. The molecule has 1 heterocycles. The third-order valence-corrected chi connectivity index (χ3v) is 4.73. The predicted octanol–water partition coefficient (Wildman–Crippen LogP) is 6.31. The Morgan fingerprint density at radius 1 is 0.944 bits per heavy atom. The average Bonchev–Trinajstić information content (AvgIpc) is 2.76. The SMILES string of the molecule is CN(C)CCCNc1nc(Nc2c(F)cccc2C(F)(F)F)cc(-c2cccc(OC(F)(F)F)c2)n1. The van der Waals surface area contributed by atoms with Gasteiger partial charge in [-0.3, -0.25) is 0 Å². The van der Waals surface area contributed by atoms with E-state index in [1.807, 2.05) is 19.0 Å². The summed E-state index contributed by atoms with van der Waals surface area (Å²) in [7, 11) is 3.75. The van der Waals surface area contributed by atoms with E-state index in [0.717, 1.165) is 30.8 Å². The normalized spacial score (nSPS) is 12.1. The molecule has 2 aromatic carbocycles. The van der Waals surface area contributed by atoms with Gasteiger partial charge in [-0.1, -0.05) is 18.2 Å². The van der Waals surface area contributed by atoms with Gasteiger partial charge in [0, 0.05) is 18.2 Å². The maximum absolute atomic E-state index is 14.4. The van der Waals surface area contributed by atoms with Crippen LogP contribution in [0.2, 0.25) is 0 Å². The minimum atomic E-state index is -4.92. The van der Waals surface area contributed by atoms with Crippen molar-refractivity contribution in [2.75, 3.05) is 37.8 Å². The fourth-order valence-electron chi connectivity index (χ4n) is 3.20. The van der Waals surface area contributed by atoms with Gasteiger partial charge in [-0.15, -0.1) is 13.2 Å². The third kappa shape index (κ3) is 7.70. The first kappa shape index (κ1) is 27.0. The first-order valence-corrected chi connectivity index (χ1v) is 10.6. The summed E-state index contributed by atoms with van der Waals surface area (Å²) >= 11 is 0. The number of halogens is 7. The van der Waals surface area contributed by atoms with E-state index in [1.54, 1.807) is 0 Å². The molecule has 0 fully saturated rings. The second kappa shape index (κ2) is 11.0. The largest absolute Gasteiger partial charge is 0.573 e. The van der Waals surface area contributed by atoms with E-state index < -0.39 is 35.4 Å². The van der Waals surface area contributed by atoms with Crippen molar-refractivity contribution in [3.05, 3.63) is 59.9 Å². The zero-order chi connectivity index (χ0) is 26.5. The van der Waals surface area contributed by atoms with E-state index in [2.05, 4.69) is 25.3 Å². The Balaban J connectivity index is 2.01. The molecule has 0 atom stereocenters. The molecule has 0 spiro atoms. The lowest BCUT2D eigenvalue weighted by Crippen LogP contribution is -2.17. The molecule has 194 valence electrons. The molecule has 0 amide bonds. The second-order valence-corrected chi connectivity index (χ2v) is 7.91. The van der Waals surface area contributed by atoms with Gasteiger partial charge in [0.2, 0.25) is 5.95 Å². The van der Waals surface area contributed by atoms with Crippen LogP contribution in [-0.4, -0.2) is 48.4 Å². The Labute approximate surface area is 202 Å². The molecular weight excluding hydrogens is 495 g/mol. The fraction of sp³-hybridized carbons (Fsp3) is 0.304. The van der Waals surface area contributed by atoms with Crippen LogP contribution in [0.25, 0.3) is 11.3 Å². The molecule has 13 heteroatoms. The Morgan fingerprint density at radius 2 is 1.67 bits per heavy atom. The lowest BCUT2D eigenvalue weighted by atomic mass is 10.1. The predicted molar refractivity (Wildman–Crippen MR) is 120 cm³/mol. The number of rotatable bonds is 9. The highest BCUT2D eigenvalue weighted by molar-refractivity contribution is 5.70. The summed E-state index contributed by atoms with van der Waals surface area (Å²) in [6.45, 7) is 1.12. The molecule has 3 rings (SSSR count). The first-order chi connectivity index (χ1) is 16.8. The molecule has 0 aliphatic heterocycles. The van der Waals surface area contributed by atoms with Crippen LogP contribution in [0.3, 0.4) is 0 Å². The molecule has 0 aliphatic carbocycles. The van der Waals surface area contributed by atoms with Crippen LogP contribution in [0.15, 0.2) is 48.5 Å². The number of hydrogen-bond acceptors (Lipinski definition) is 6. The number of benzene rings is 2. The van der Waals surface area contributed by atoms with E-state index in [4.69, 9.17) is 0 Å². The van der Waals surface area contributed by atoms with Crippen LogP contribution in [-0.2, 0) is 6.18 Å². The summed E-state index contributed by atoms with van der Waals surface area (Å²) < 4.78 is 96.6. The lowest BCUT2D eigenvalue weighted by molar-refractivity contribution is -0.274. The summed E-state index contributed by atoms with van der Waals surface area (Å²) in [4.78, 5) is 10.3. The Bertz CT molecular complexity index is 1180. The number of para-hydroxylation sites is 1. The van der Waals surface area contributed by atoms with Crippen molar-refractivity contribution in [3.63, 3.8) is 0 Å². The topological polar surface area (TPSA) is 62.3 Å². The van der Waals surface area contributed by atoms with Crippen molar-refractivity contribution in [2.45, 2.75) is 19.0 Å². The van der Waals surface area contributed by atoms with Crippen molar-refractivity contribution in [1.82, 2.24) is 14.9 Å². The molecule has 0 saturated heterocycles. The molecule has 2 N–H and O–H groups in total. The number of anilines is 3. The molecule has 6 nitrogen and oxygen atoms in total. The van der Waals surface area contributed by atoms with Gasteiger partial charge in [0.25, 0.3) is 0 Å². The summed E-state index contributed by atoms with van der Waals surface area (Å²) in [5.41, 5.74) is -1.85. The zero-order valence-electron chi connectivity index (χ0n) is 19.1. The van der Waals surface area contributed by atoms with Gasteiger partial charge >= 0.3 is 12.5 Å². The molecule has 0 unspecified atom stereocenters. The van der Waals surface area contributed by atoms with Crippen molar-refractivity contribution < 1.29 is 35.5 Å². The maximum Gasteiger partial charge on any atom is 0.573 e. The van der Waals surface area contributed by atoms with Gasteiger partial charge in [-0.2, -0.15) is 18.2 Å². The monoisotopic (exact) mass is 517 g/mol. The van der Waals surface area contributed by atoms with Gasteiger partial charge in [-0.25, -0.2) is 9.37 Å². The lowest BCUT2D eigenvalue weighted by Gasteiger charge is -2.16. The van der Waals surface area contributed by atoms with E-state index >= 15 is 0 Å². The minimum absolute atomic E-state index is 0.0132. The van der Waals surface area contributed by atoms with Crippen LogP contribution < -0.4 is 15.4 Å². The molecule has 36 heavy (non-hydrogen) atoms. The fourth-order valence-corrected chi connectivity index (χ4v) is 3.20. The van der Waals surface area contributed by atoms with Crippen molar-refractivity contribution in [2.24, 2.45) is 0 Å². The van der Waals surface area contributed by atoms with E-state index in [9.17, 15) is 30.7 Å². The van der Waals surface area contributed by atoms with Crippen LogP contribution in [0, 0.1) is 5.82 Å². The molecule has 1 aromatic heterocycles. The van der Waals surface area contributed by atoms with Gasteiger partial charge in [0.1, 0.15) is 17.4 Å². The smallest absolute Gasteiger partial charge is 0.406 e. The Hall–Kier alpha value is -3.61. The van der Waals surface area contributed by atoms with Gasteiger partial charge in [0.05, 0.1) is 16.9 Å². The Morgan fingerprint density at radius 3 is 2.33 bits per heavy atom.